The van der Waals surface area contributed by atoms with E-state index in [0.717, 1.165) is 0 Å². The second-order valence-corrected chi connectivity index (χ2v) is 2.71. The summed E-state index contributed by atoms with van der Waals surface area (Å²) in [4.78, 5) is 33.7. The molecule has 0 spiro atoms. The number of halogens is 1. The van der Waals surface area contributed by atoms with E-state index < -0.39 is 23.9 Å². The van der Waals surface area contributed by atoms with E-state index in [-0.39, 0.29) is 32.2 Å². The fourth-order valence-corrected chi connectivity index (χ4v) is 0.885. The Hall–Kier alpha value is -1.34. The molecule has 17 heavy (non-hydrogen) atoms. The zero-order chi connectivity index (χ0) is 12.6. The number of carbonyl (C=O) groups excluding carboxylic acids is 3. The van der Waals surface area contributed by atoms with E-state index in [1.807, 2.05) is 0 Å². The minimum atomic E-state index is -1.45. The number of nitrogens with one attached hydrogen (secondary N) is 1. The Kier molecular flexibility index (Phi) is 10.5. The lowest BCUT2D eigenvalue weighted by Crippen LogP contribution is -2.49. The van der Waals surface area contributed by atoms with Crippen LogP contribution in [0.4, 0.5) is 0 Å². The average Bonchev–Trinajstić information content (AvgIpc) is 2.25. The third-order valence-electron chi connectivity index (χ3n) is 1.54. The predicted molar refractivity (Wildman–Crippen MR) is 61.5 cm³/mol. The molecule has 3 N–H and O–H groups in total. The highest BCUT2D eigenvalue weighted by molar-refractivity contribution is 6.02. The van der Waals surface area contributed by atoms with Crippen LogP contribution in [0.15, 0.2) is 0 Å². The number of ether oxygens (including phenoxy) is 2. The molecule has 0 aromatic carbocycles. The van der Waals surface area contributed by atoms with Crippen LogP contribution in [-0.4, -0.2) is 43.6 Å². The maximum absolute atomic E-state index is 11.3. The maximum atomic E-state index is 11.3. The van der Waals surface area contributed by atoms with Crippen molar-refractivity contribution in [3.8, 4) is 0 Å². The minimum absolute atomic E-state index is 0. The second-order valence-electron chi connectivity index (χ2n) is 2.71. The summed E-state index contributed by atoms with van der Waals surface area (Å²) in [6.07, 6.45) is 0. The first-order chi connectivity index (χ1) is 7.56. The average molecular weight is 269 g/mol. The number of esters is 2. The molecule has 0 rings (SSSR count). The van der Waals surface area contributed by atoms with Gasteiger partial charge in [0.15, 0.2) is 0 Å². The number of amides is 1. The molecule has 0 saturated heterocycles. The predicted octanol–water partition coefficient (Wildman–Crippen LogP) is -1.02. The van der Waals surface area contributed by atoms with Gasteiger partial charge in [-0.1, -0.05) is 0 Å². The van der Waals surface area contributed by atoms with Crippen molar-refractivity contribution < 1.29 is 23.9 Å². The lowest BCUT2D eigenvalue weighted by molar-refractivity contribution is -0.159. The molecule has 1 amide bonds. The Balaban J connectivity index is 0. The Labute approximate surface area is 105 Å². The van der Waals surface area contributed by atoms with Crippen molar-refractivity contribution in [1.82, 2.24) is 5.32 Å². The zero-order valence-electron chi connectivity index (χ0n) is 9.73. The Morgan fingerprint density at radius 1 is 1.12 bits per heavy atom. The van der Waals surface area contributed by atoms with Crippen LogP contribution in [0, 0.1) is 0 Å². The molecule has 7 nitrogen and oxygen atoms in total. The van der Waals surface area contributed by atoms with Gasteiger partial charge >= 0.3 is 11.9 Å². The van der Waals surface area contributed by atoms with Crippen molar-refractivity contribution in [2.24, 2.45) is 5.73 Å². The van der Waals surface area contributed by atoms with Gasteiger partial charge in [-0.25, -0.2) is 9.59 Å². The number of carbonyl (C=O) groups is 3. The summed E-state index contributed by atoms with van der Waals surface area (Å²) in [5.41, 5.74) is 5.05. The van der Waals surface area contributed by atoms with Crippen LogP contribution in [0.5, 0.6) is 0 Å². The molecule has 100 valence electrons. The first kappa shape index (κ1) is 18.0. The highest BCUT2D eigenvalue weighted by Gasteiger charge is 2.30. The van der Waals surface area contributed by atoms with Gasteiger partial charge in [-0.15, -0.1) is 12.4 Å². The molecule has 0 fully saturated rings. The molecule has 0 aliphatic heterocycles. The highest BCUT2D eigenvalue weighted by Crippen LogP contribution is 1.94. The van der Waals surface area contributed by atoms with Crippen molar-refractivity contribution >= 4 is 30.3 Å². The summed E-state index contributed by atoms with van der Waals surface area (Å²) in [5.74, 6) is -2.35. The third-order valence-corrected chi connectivity index (χ3v) is 1.54. The van der Waals surface area contributed by atoms with Gasteiger partial charge in [-0.3, -0.25) is 4.79 Å². The quantitative estimate of drug-likeness (QED) is 0.471. The van der Waals surface area contributed by atoms with E-state index in [2.05, 4.69) is 14.8 Å². The molecule has 0 saturated carbocycles. The molecule has 0 heterocycles. The first-order valence-electron chi connectivity index (χ1n) is 4.89. The van der Waals surface area contributed by atoms with E-state index in [1.165, 1.54) is 0 Å². The first-order valence-corrected chi connectivity index (χ1v) is 4.89. The van der Waals surface area contributed by atoms with Crippen LogP contribution in [0.1, 0.15) is 13.8 Å². The summed E-state index contributed by atoms with van der Waals surface area (Å²) in [5, 5.41) is 2.12. The topological polar surface area (TPSA) is 108 Å². The van der Waals surface area contributed by atoms with Crippen molar-refractivity contribution in [1.29, 1.82) is 0 Å². The monoisotopic (exact) mass is 268 g/mol. The van der Waals surface area contributed by atoms with E-state index in [9.17, 15) is 14.4 Å². The molecule has 0 aromatic rings. The molecular formula is C9H17ClN2O5. The van der Waals surface area contributed by atoms with E-state index in [4.69, 9.17) is 5.73 Å². The molecule has 0 bridgehead atoms. The van der Waals surface area contributed by atoms with Crippen LogP contribution < -0.4 is 11.1 Å². The lowest BCUT2D eigenvalue weighted by atomic mass is 10.3. The number of hydrogen-bond acceptors (Lipinski definition) is 6. The van der Waals surface area contributed by atoms with Gasteiger partial charge in [0.2, 0.25) is 11.9 Å². The summed E-state index contributed by atoms with van der Waals surface area (Å²) in [6.45, 7) is 3.06. The van der Waals surface area contributed by atoms with E-state index >= 15 is 0 Å². The molecule has 0 atom stereocenters. The molecular weight excluding hydrogens is 252 g/mol. The lowest BCUT2D eigenvalue weighted by Gasteiger charge is -2.15. The van der Waals surface area contributed by atoms with Crippen LogP contribution in [0.2, 0.25) is 0 Å². The van der Waals surface area contributed by atoms with E-state index in [1.54, 1.807) is 13.8 Å². The highest BCUT2D eigenvalue weighted by atomic mass is 35.5. The van der Waals surface area contributed by atoms with Crippen molar-refractivity contribution in [3.63, 3.8) is 0 Å². The number of rotatable bonds is 6. The van der Waals surface area contributed by atoms with Crippen molar-refractivity contribution in [2.75, 3.05) is 19.8 Å². The molecule has 0 radical (unpaired) electrons. The number of hydrogen-bond donors (Lipinski definition) is 2. The minimum Gasteiger partial charge on any atom is -0.464 e. The van der Waals surface area contributed by atoms with Gasteiger partial charge in [-0.05, 0) is 13.8 Å². The molecule has 0 aliphatic carbocycles. The van der Waals surface area contributed by atoms with Crippen molar-refractivity contribution in [2.45, 2.75) is 19.9 Å². The van der Waals surface area contributed by atoms with Crippen LogP contribution in [-0.2, 0) is 23.9 Å². The smallest absolute Gasteiger partial charge is 0.340 e. The Bertz CT molecular complexity index is 254. The molecule has 0 aliphatic rings. The molecule has 0 aromatic heterocycles. The van der Waals surface area contributed by atoms with Crippen LogP contribution in [0.25, 0.3) is 0 Å². The third kappa shape index (κ3) is 6.75. The van der Waals surface area contributed by atoms with E-state index in [0.29, 0.717) is 0 Å². The fourth-order valence-electron chi connectivity index (χ4n) is 0.885. The Morgan fingerprint density at radius 2 is 1.53 bits per heavy atom. The Morgan fingerprint density at radius 3 is 1.82 bits per heavy atom. The second kappa shape index (κ2) is 9.86. The number of nitrogens with two attached hydrogens (primary N) is 1. The van der Waals surface area contributed by atoms with Gasteiger partial charge in [0, 0.05) is 0 Å². The zero-order valence-corrected chi connectivity index (χ0v) is 10.5. The van der Waals surface area contributed by atoms with Gasteiger partial charge in [-0.2, -0.15) is 0 Å². The largest absolute Gasteiger partial charge is 0.464 e. The van der Waals surface area contributed by atoms with Crippen molar-refractivity contribution in [3.05, 3.63) is 0 Å². The summed E-state index contributed by atoms with van der Waals surface area (Å²) < 4.78 is 9.24. The van der Waals surface area contributed by atoms with Crippen LogP contribution in [0.3, 0.4) is 0 Å². The van der Waals surface area contributed by atoms with Gasteiger partial charge in [0.05, 0.1) is 19.8 Å². The van der Waals surface area contributed by atoms with Gasteiger partial charge in [0.1, 0.15) is 0 Å². The van der Waals surface area contributed by atoms with Gasteiger partial charge < -0.3 is 20.5 Å². The maximum Gasteiger partial charge on any atom is 0.340 e. The molecule has 8 heteroatoms. The normalized spacial score (nSPS) is 9.18. The summed E-state index contributed by atoms with van der Waals surface area (Å²) in [7, 11) is 0. The fraction of sp³-hybridized carbons (Fsp3) is 0.667. The summed E-state index contributed by atoms with van der Waals surface area (Å²) in [6, 6.07) is -1.45. The molecule has 0 unspecified atom stereocenters. The SMILES string of the molecule is CCOC(=O)C(NC(=O)CN)C(=O)OCC.Cl. The summed E-state index contributed by atoms with van der Waals surface area (Å²) >= 11 is 0. The standard InChI is InChI=1S/C9H16N2O5.ClH/c1-3-15-8(13)7(9(14)16-4-2)11-6(12)5-10;/h7H,3-5,10H2,1-2H3,(H,11,12);1H. The van der Waals surface area contributed by atoms with Crippen LogP contribution >= 0.6 is 12.4 Å². The van der Waals surface area contributed by atoms with Gasteiger partial charge in [0.25, 0.3) is 0 Å².